The van der Waals surface area contributed by atoms with Gasteiger partial charge in [-0.3, -0.25) is 0 Å². The molecule has 2 aliphatic rings. The maximum absolute atomic E-state index is 6.37. The second-order valence-corrected chi connectivity index (χ2v) is 5.74. The summed E-state index contributed by atoms with van der Waals surface area (Å²) in [6.45, 7) is 1.03. The van der Waals surface area contributed by atoms with E-state index in [1.165, 1.54) is 31.2 Å². The van der Waals surface area contributed by atoms with Crippen LogP contribution in [0.25, 0.3) is 0 Å². The lowest BCUT2D eigenvalue weighted by Gasteiger charge is -2.40. The summed E-state index contributed by atoms with van der Waals surface area (Å²) in [5, 5.41) is 0. The number of fused-ring (bicyclic) bond motifs is 3. The zero-order valence-electron chi connectivity index (χ0n) is 11.2. The summed E-state index contributed by atoms with van der Waals surface area (Å²) >= 11 is 0. The van der Waals surface area contributed by atoms with Crippen LogP contribution in [0.2, 0.25) is 0 Å². The van der Waals surface area contributed by atoms with E-state index in [1.807, 2.05) is 0 Å². The summed E-state index contributed by atoms with van der Waals surface area (Å²) in [6.07, 6.45) is 5.13. The fourth-order valence-electron chi connectivity index (χ4n) is 3.61. The van der Waals surface area contributed by atoms with Gasteiger partial charge in [0.15, 0.2) is 0 Å². The molecule has 2 nitrogen and oxygen atoms in total. The summed E-state index contributed by atoms with van der Waals surface area (Å²) in [4.78, 5) is 2.27. The molecule has 0 unspecified atom stereocenters. The Kier molecular flexibility index (Phi) is 3.88. The molecule has 1 aromatic carbocycles. The second kappa shape index (κ2) is 5.10. The lowest BCUT2D eigenvalue weighted by molar-refractivity contribution is 0.0125. The Morgan fingerprint density at radius 3 is 2.83 bits per heavy atom. The van der Waals surface area contributed by atoms with Crippen LogP contribution in [0.4, 0.5) is 0 Å². The first-order chi connectivity index (χ1) is 8.21. The van der Waals surface area contributed by atoms with Gasteiger partial charge < -0.3 is 9.64 Å². The first-order valence-electron chi connectivity index (χ1n) is 6.64. The average Bonchev–Trinajstić information content (AvgIpc) is 2.61. The molecule has 1 aliphatic heterocycles. The molecule has 0 radical (unpaired) electrons. The molecule has 1 saturated carbocycles. The topological polar surface area (TPSA) is 12.5 Å². The first-order valence-corrected chi connectivity index (χ1v) is 6.64. The van der Waals surface area contributed by atoms with E-state index in [9.17, 15) is 0 Å². The average molecular weight is 268 g/mol. The van der Waals surface area contributed by atoms with Gasteiger partial charge in [0.05, 0.1) is 0 Å². The molecular formula is C15H22ClNO. The largest absolute Gasteiger partial charge is 0.485 e. The molecule has 0 spiro atoms. The Morgan fingerprint density at radius 1 is 1.28 bits per heavy atom. The molecule has 3 rings (SSSR count). The molecule has 100 valence electrons. The Bertz CT molecular complexity index is 421. The normalized spacial score (nSPS) is 29.2. The Hall–Kier alpha value is -0.730. The number of ether oxygens (including phenoxy) is 1. The number of hydrogen-bond acceptors (Lipinski definition) is 2. The van der Waals surface area contributed by atoms with Crippen molar-refractivity contribution in [2.24, 2.45) is 0 Å². The minimum absolute atomic E-state index is 0. The van der Waals surface area contributed by atoms with Gasteiger partial charge in [-0.15, -0.1) is 12.4 Å². The molecular weight excluding hydrogens is 246 g/mol. The minimum Gasteiger partial charge on any atom is -0.485 e. The highest BCUT2D eigenvalue weighted by molar-refractivity contribution is 5.85. The Labute approximate surface area is 116 Å². The summed E-state index contributed by atoms with van der Waals surface area (Å²) < 4.78 is 6.37. The highest BCUT2D eigenvalue weighted by Gasteiger charge is 2.49. The predicted octanol–water partition coefficient (Wildman–Crippen LogP) is 3.46. The zero-order valence-corrected chi connectivity index (χ0v) is 12.0. The highest BCUT2D eigenvalue weighted by Crippen LogP contribution is 2.52. The molecule has 1 aliphatic carbocycles. The van der Waals surface area contributed by atoms with Gasteiger partial charge in [-0.1, -0.05) is 24.6 Å². The van der Waals surface area contributed by atoms with Crippen LogP contribution < -0.4 is 4.74 Å². The van der Waals surface area contributed by atoms with Gasteiger partial charge >= 0.3 is 0 Å². The summed E-state index contributed by atoms with van der Waals surface area (Å²) in [7, 11) is 4.29. The smallest absolute Gasteiger partial charge is 0.129 e. The summed E-state index contributed by atoms with van der Waals surface area (Å²) in [6, 6.07) is 8.61. The third kappa shape index (κ3) is 2.12. The van der Waals surface area contributed by atoms with Gasteiger partial charge in [0.25, 0.3) is 0 Å². The van der Waals surface area contributed by atoms with Crippen molar-refractivity contribution in [2.75, 3.05) is 20.6 Å². The van der Waals surface area contributed by atoms with E-state index in [-0.39, 0.29) is 18.0 Å². The summed E-state index contributed by atoms with van der Waals surface area (Å²) in [5.41, 5.74) is 1.49. The van der Waals surface area contributed by atoms with Gasteiger partial charge in [0, 0.05) is 18.0 Å². The standard InChI is InChI=1S/C15H21NO.ClH/c1-16(2)11-15-10-6-5-8-13(15)12-7-3-4-9-14(12)17-15;/h3-4,7,9,13H,5-6,8,10-11H2,1-2H3;1H/t13-,15+;/m1./s1. The number of likely N-dealkylation sites (N-methyl/N-ethyl adjacent to an activating group) is 1. The number of para-hydroxylation sites is 1. The molecule has 0 bridgehead atoms. The van der Waals surface area contributed by atoms with Crippen molar-refractivity contribution < 1.29 is 4.74 Å². The quantitative estimate of drug-likeness (QED) is 0.814. The van der Waals surface area contributed by atoms with E-state index >= 15 is 0 Å². The molecule has 18 heavy (non-hydrogen) atoms. The Balaban J connectivity index is 0.00000120. The fourth-order valence-corrected chi connectivity index (χ4v) is 3.61. The second-order valence-electron chi connectivity index (χ2n) is 5.74. The lowest BCUT2D eigenvalue weighted by Crippen LogP contribution is -2.48. The van der Waals surface area contributed by atoms with Crippen molar-refractivity contribution in [3.63, 3.8) is 0 Å². The van der Waals surface area contributed by atoms with E-state index in [1.54, 1.807) is 0 Å². The van der Waals surface area contributed by atoms with E-state index in [0.29, 0.717) is 5.92 Å². The zero-order chi connectivity index (χ0) is 11.9. The minimum atomic E-state index is 0. The monoisotopic (exact) mass is 267 g/mol. The van der Waals surface area contributed by atoms with Crippen LogP contribution in [0, 0.1) is 0 Å². The molecule has 1 fully saturated rings. The van der Waals surface area contributed by atoms with Crippen molar-refractivity contribution in [1.29, 1.82) is 0 Å². The van der Waals surface area contributed by atoms with Crippen LogP contribution in [0.3, 0.4) is 0 Å². The van der Waals surface area contributed by atoms with Gasteiger partial charge in [0.1, 0.15) is 11.4 Å². The third-order valence-corrected chi connectivity index (χ3v) is 4.17. The van der Waals surface area contributed by atoms with Gasteiger partial charge in [-0.2, -0.15) is 0 Å². The Morgan fingerprint density at radius 2 is 2.06 bits per heavy atom. The fraction of sp³-hybridized carbons (Fsp3) is 0.600. The molecule has 3 heteroatoms. The van der Waals surface area contributed by atoms with E-state index in [0.717, 1.165) is 12.3 Å². The number of benzene rings is 1. The van der Waals surface area contributed by atoms with E-state index < -0.39 is 0 Å². The van der Waals surface area contributed by atoms with Crippen molar-refractivity contribution in [3.05, 3.63) is 29.8 Å². The number of halogens is 1. The van der Waals surface area contributed by atoms with E-state index in [4.69, 9.17) is 4.74 Å². The lowest BCUT2D eigenvalue weighted by atomic mass is 9.73. The predicted molar refractivity (Wildman–Crippen MR) is 76.8 cm³/mol. The third-order valence-electron chi connectivity index (χ3n) is 4.17. The first kappa shape index (κ1) is 13.7. The van der Waals surface area contributed by atoms with Crippen molar-refractivity contribution in [3.8, 4) is 5.75 Å². The van der Waals surface area contributed by atoms with Gasteiger partial charge in [0.2, 0.25) is 0 Å². The van der Waals surface area contributed by atoms with Crippen LogP contribution in [-0.4, -0.2) is 31.1 Å². The van der Waals surface area contributed by atoms with Gasteiger partial charge in [-0.25, -0.2) is 0 Å². The van der Waals surface area contributed by atoms with Crippen LogP contribution >= 0.6 is 12.4 Å². The molecule has 2 atom stereocenters. The maximum atomic E-state index is 6.37. The highest BCUT2D eigenvalue weighted by atomic mass is 35.5. The van der Waals surface area contributed by atoms with Crippen LogP contribution in [0.1, 0.15) is 37.2 Å². The van der Waals surface area contributed by atoms with Gasteiger partial charge in [-0.05, 0) is 39.4 Å². The number of hydrogen-bond donors (Lipinski definition) is 0. The maximum Gasteiger partial charge on any atom is 0.129 e. The molecule has 0 aromatic heterocycles. The van der Waals surface area contributed by atoms with Crippen molar-refractivity contribution in [2.45, 2.75) is 37.2 Å². The number of rotatable bonds is 2. The van der Waals surface area contributed by atoms with Crippen LogP contribution in [0.15, 0.2) is 24.3 Å². The number of nitrogens with zero attached hydrogens (tertiary/aromatic N) is 1. The SMILES string of the molecule is CN(C)C[C@@]12CCCC[C@@H]1c1ccccc1O2.Cl. The van der Waals surface area contributed by atoms with Crippen molar-refractivity contribution >= 4 is 12.4 Å². The molecule has 1 aromatic rings. The van der Waals surface area contributed by atoms with Crippen LogP contribution in [-0.2, 0) is 0 Å². The molecule has 1 heterocycles. The summed E-state index contributed by atoms with van der Waals surface area (Å²) in [5.74, 6) is 1.73. The molecule has 0 N–H and O–H groups in total. The van der Waals surface area contributed by atoms with E-state index in [2.05, 4.69) is 43.3 Å². The van der Waals surface area contributed by atoms with Crippen LogP contribution in [0.5, 0.6) is 5.75 Å². The van der Waals surface area contributed by atoms with Crippen molar-refractivity contribution in [1.82, 2.24) is 4.90 Å². The molecule has 0 amide bonds. The molecule has 0 saturated heterocycles.